The molecule has 4 nitrogen and oxygen atoms in total. The third kappa shape index (κ3) is 6.15. The van der Waals surface area contributed by atoms with Crippen molar-refractivity contribution < 1.29 is 41.0 Å². The molecule has 0 unspecified atom stereocenters. The van der Waals surface area contributed by atoms with E-state index in [1.165, 1.54) is 6.92 Å². The highest BCUT2D eigenvalue weighted by molar-refractivity contribution is 5.87. The van der Waals surface area contributed by atoms with Crippen molar-refractivity contribution >= 4 is 11.9 Å². The van der Waals surface area contributed by atoms with Gasteiger partial charge in [-0.15, -0.1) is 0 Å². The van der Waals surface area contributed by atoms with Crippen molar-refractivity contribution in [1.29, 1.82) is 0 Å². The summed E-state index contributed by atoms with van der Waals surface area (Å²) < 4.78 is 70.5. The van der Waals surface area contributed by atoms with Gasteiger partial charge in [-0.25, -0.2) is 4.79 Å². The van der Waals surface area contributed by atoms with Gasteiger partial charge in [0.15, 0.2) is 6.61 Å². The lowest BCUT2D eigenvalue weighted by molar-refractivity contribution is -0.294. The number of esters is 2. The van der Waals surface area contributed by atoms with Crippen LogP contribution in [0.4, 0.5) is 22.0 Å². The molecule has 0 heterocycles. The third-order valence-corrected chi connectivity index (χ3v) is 3.24. The summed E-state index contributed by atoms with van der Waals surface area (Å²) in [5.74, 6) is -7.24. The fourth-order valence-electron chi connectivity index (χ4n) is 1.53. The van der Waals surface area contributed by atoms with Gasteiger partial charge in [-0.1, -0.05) is 20.4 Å². The highest BCUT2D eigenvalue weighted by Gasteiger charge is 2.58. The van der Waals surface area contributed by atoms with Gasteiger partial charge in [0.25, 0.3) is 0 Å². The van der Waals surface area contributed by atoms with Crippen LogP contribution in [0.3, 0.4) is 0 Å². The quantitative estimate of drug-likeness (QED) is 0.381. The molecule has 0 N–H and O–H groups in total. The van der Waals surface area contributed by atoms with Gasteiger partial charge in [-0.2, -0.15) is 22.0 Å². The van der Waals surface area contributed by atoms with Gasteiger partial charge in [0.1, 0.15) is 5.60 Å². The number of carbonyl (C=O) groups excluding carboxylic acids is 2. The predicted octanol–water partition coefficient (Wildman–Crippen LogP) is 3.80. The van der Waals surface area contributed by atoms with Crippen molar-refractivity contribution in [1.82, 2.24) is 0 Å². The van der Waals surface area contributed by atoms with E-state index in [0.717, 1.165) is 0 Å². The maximum atomic E-state index is 12.7. The second kappa shape index (κ2) is 7.74. The molecule has 0 aliphatic heterocycles. The molecule has 0 aromatic carbocycles. The summed E-state index contributed by atoms with van der Waals surface area (Å²) in [5, 5.41) is 0. The van der Waals surface area contributed by atoms with Crippen LogP contribution in [0.5, 0.6) is 0 Å². The zero-order valence-corrected chi connectivity index (χ0v) is 13.1. The highest BCUT2D eigenvalue weighted by atomic mass is 19.4. The van der Waals surface area contributed by atoms with Gasteiger partial charge >= 0.3 is 24.0 Å². The Morgan fingerprint density at radius 2 is 1.52 bits per heavy atom. The number of rotatable bonds is 8. The molecule has 134 valence electrons. The molecule has 0 amide bonds. The fraction of sp³-hybridized carbons (Fsp3) is 0.714. The van der Waals surface area contributed by atoms with Gasteiger partial charge in [0.05, 0.1) is 6.42 Å². The lowest BCUT2D eigenvalue weighted by Crippen LogP contribution is -2.42. The van der Waals surface area contributed by atoms with E-state index in [2.05, 4.69) is 11.3 Å². The predicted molar refractivity (Wildman–Crippen MR) is 70.8 cm³/mol. The largest absolute Gasteiger partial charge is 0.459 e. The van der Waals surface area contributed by atoms with E-state index in [4.69, 9.17) is 4.74 Å². The Morgan fingerprint density at radius 3 is 1.87 bits per heavy atom. The Morgan fingerprint density at radius 1 is 1.04 bits per heavy atom. The van der Waals surface area contributed by atoms with Crippen LogP contribution in [-0.2, 0) is 19.1 Å². The number of carbonyl (C=O) groups is 2. The highest BCUT2D eigenvalue weighted by Crippen LogP contribution is 2.36. The molecule has 0 aliphatic carbocycles. The van der Waals surface area contributed by atoms with Gasteiger partial charge in [-0.3, -0.25) is 4.79 Å². The smallest absolute Gasteiger partial charge is 0.456 e. The van der Waals surface area contributed by atoms with Crippen molar-refractivity contribution in [2.24, 2.45) is 0 Å². The Kier molecular flexibility index (Phi) is 7.18. The average Bonchev–Trinajstić information content (AvgIpc) is 2.43. The molecule has 0 fully saturated rings. The van der Waals surface area contributed by atoms with Crippen LogP contribution >= 0.6 is 0 Å². The summed E-state index contributed by atoms with van der Waals surface area (Å²) in [5.41, 5.74) is -1.28. The maximum absolute atomic E-state index is 12.7. The zero-order valence-electron chi connectivity index (χ0n) is 13.1. The Balaban J connectivity index is 4.88. The molecular weight excluding hydrogens is 327 g/mol. The SMILES string of the molecule is C=C(C)C(=O)OC(CC)(CC)CC(=O)OCC(F)(F)C(F)(F)F. The Hall–Kier alpha value is -1.67. The summed E-state index contributed by atoms with van der Waals surface area (Å²) >= 11 is 0. The standard InChI is InChI=1S/C14H19F5O4/c1-5-12(6-2,23-11(21)9(3)4)7-10(20)22-8-13(15,16)14(17,18)19/h3,5-8H2,1-2,4H3. The summed E-state index contributed by atoms with van der Waals surface area (Å²) in [6.07, 6.45) is -6.15. The third-order valence-electron chi connectivity index (χ3n) is 3.24. The number of hydrogen-bond acceptors (Lipinski definition) is 4. The zero-order chi connectivity index (χ0) is 18.5. The molecule has 0 aliphatic rings. The first-order chi connectivity index (χ1) is 10.3. The summed E-state index contributed by atoms with van der Waals surface area (Å²) in [6.45, 7) is 5.78. The first-order valence-corrected chi connectivity index (χ1v) is 6.79. The Labute approximate surface area is 130 Å². The second-order valence-corrected chi connectivity index (χ2v) is 5.10. The van der Waals surface area contributed by atoms with Crippen LogP contribution in [0.15, 0.2) is 12.2 Å². The van der Waals surface area contributed by atoms with E-state index in [0.29, 0.717) is 0 Å². The average molecular weight is 346 g/mol. The summed E-state index contributed by atoms with van der Waals surface area (Å²) in [4.78, 5) is 23.1. The molecule has 0 spiro atoms. The number of ether oxygens (including phenoxy) is 2. The van der Waals surface area contributed by atoms with Crippen molar-refractivity contribution in [2.45, 2.75) is 57.7 Å². The molecule has 0 bridgehead atoms. The molecule has 0 aromatic heterocycles. The lowest BCUT2D eigenvalue weighted by Gasteiger charge is -2.31. The van der Waals surface area contributed by atoms with Crippen LogP contribution in [0.1, 0.15) is 40.0 Å². The first-order valence-electron chi connectivity index (χ1n) is 6.79. The van der Waals surface area contributed by atoms with Crippen LogP contribution in [0.25, 0.3) is 0 Å². The normalized spacial score (nSPS) is 12.7. The van der Waals surface area contributed by atoms with E-state index >= 15 is 0 Å². The molecule has 0 atom stereocenters. The topological polar surface area (TPSA) is 52.6 Å². The van der Waals surface area contributed by atoms with Crippen LogP contribution in [0, 0.1) is 0 Å². The molecule has 9 heteroatoms. The molecule has 0 rings (SSSR count). The van der Waals surface area contributed by atoms with Crippen LogP contribution < -0.4 is 0 Å². The minimum atomic E-state index is -5.81. The molecule has 0 saturated carbocycles. The van der Waals surface area contributed by atoms with Gasteiger partial charge in [-0.05, 0) is 19.8 Å². The van der Waals surface area contributed by atoms with E-state index in [-0.39, 0.29) is 18.4 Å². The first kappa shape index (κ1) is 21.3. The molecular formula is C14H19F5O4. The van der Waals surface area contributed by atoms with E-state index in [1.54, 1.807) is 13.8 Å². The van der Waals surface area contributed by atoms with E-state index in [9.17, 15) is 31.5 Å². The van der Waals surface area contributed by atoms with Crippen molar-refractivity contribution in [3.05, 3.63) is 12.2 Å². The summed E-state index contributed by atoms with van der Waals surface area (Å²) in [6, 6.07) is 0. The minimum absolute atomic E-state index is 0.0632. The molecule has 23 heavy (non-hydrogen) atoms. The maximum Gasteiger partial charge on any atom is 0.456 e. The number of hydrogen-bond donors (Lipinski definition) is 0. The fourth-order valence-corrected chi connectivity index (χ4v) is 1.53. The minimum Gasteiger partial charge on any atom is -0.459 e. The molecule has 0 radical (unpaired) electrons. The van der Waals surface area contributed by atoms with Crippen LogP contribution in [-0.4, -0.2) is 36.2 Å². The number of alkyl halides is 5. The van der Waals surface area contributed by atoms with Gasteiger partial charge in [0, 0.05) is 5.57 Å². The van der Waals surface area contributed by atoms with Crippen molar-refractivity contribution in [2.75, 3.05) is 6.61 Å². The molecule has 0 saturated heterocycles. The van der Waals surface area contributed by atoms with Crippen molar-refractivity contribution in [3.8, 4) is 0 Å². The monoisotopic (exact) mass is 346 g/mol. The van der Waals surface area contributed by atoms with E-state index in [1.807, 2.05) is 0 Å². The number of halogens is 5. The summed E-state index contributed by atoms with van der Waals surface area (Å²) in [7, 11) is 0. The molecule has 0 aromatic rings. The second-order valence-electron chi connectivity index (χ2n) is 5.10. The Bertz CT molecular complexity index is 453. The van der Waals surface area contributed by atoms with Crippen molar-refractivity contribution in [3.63, 3.8) is 0 Å². The van der Waals surface area contributed by atoms with Gasteiger partial charge in [0.2, 0.25) is 0 Å². The lowest BCUT2D eigenvalue weighted by atomic mass is 9.93. The van der Waals surface area contributed by atoms with Crippen LogP contribution in [0.2, 0.25) is 0 Å². The van der Waals surface area contributed by atoms with Gasteiger partial charge < -0.3 is 9.47 Å². The van der Waals surface area contributed by atoms with E-state index < -0.39 is 42.7 Å².